The van der Waals surface area contributed by atoms with Crippen LogP contribution >= 0.6 is 0 Å². The topological polar surface area (TPSA) is 60.0 Å². The Balaban J connectivity index is 2.04. The van der Waals surface area contributed by atoms with Crippen molar-refractivity contribution in [3.63, 3.8) is 0 Å². The number of rotatable bonds is 1. The molecule has 0 saturated carbocycles. The zero-order chi connectivity index (χ0) is 13.8. The molecular formula is C13H18BN3O2. The Morgan fingerprint density at radius 2 is 1.74 bits per heavy atom. The Morgan fingerprint density at radius 1 is 1.11 bits per heavy atom. The molecule has 1 N–H and O–H groups in total. The summed E-state index contributed by atoms with van der Waals surface area (Å²) < 4.78 is 12.1. The van der Waals surface area contributed by atoms with Gasteiger partial charge < -0.3 is 14.3 Å². The average Bonchev–Trinajstić information content (AvgIpc) is 2.83. The minimum absolute atomic E-state index is 0.340. The maximum Gasteiger partial charge on any atom is 0.496 e. The zero-order valence-electron chi connectivity index (χ0n) is 11.9. The fraction of sp³-hybridized carbons (Fsp3) is 0.538. The van der Waals surface area contributed by atoms with Crippen molar-refractivity contribution >= 4 is 23.7 Å². The number of pyridine rings is 1. The highest BCUT2D eigenvalue weighted by molar-refractivity contribution is 6.62. The van der Waals surface area contributed by atoms with E-state index in [1.54, 1.807) is 12.5 Å². The van der Waals surface area contributed by atoms with Gasteiger partial charge in [0.15, 0.2) is 5.65 Å². The van der Waals surface area contributed by atoms with E-state index in [0.29, 0.717) is 0 Å². The van der Waals surface area contributed by atoms with E-state index in [4.69, 9.17) is 9.31 Å². The van der Waals surface area contributed by atoms with Crippen LogP contribution in [0.5, 0.6) is 0 Å². The molecule has 0 bridgehead atoms. The van der Waals surface area contributed by atoms with Crippen LogP contribution in [0.1, 0.15) is 33.3 Å². The summed E-state index contributed by atoms with van der Waals surface area (Å²) in [6, 6.07) is 0. The van der Waals surface area contributed by atoms with Crippen molar-refractivity contribution < 1.29 is 9.31 Å². The average molecular weight is 259 g/mol. The van der Waals surface area contributed by atoms with Gasteiger partial charge in [-0.2, -0.15) is 0 Å². The number of hydrogen-bond acceptors (Lipinski definition) is 4. The zero-order valence-corrected chi connectivity index (χ0v) is 11.9. The SMILES string of the molecule is Cc1c(B2OC(C)(C)C(C)(C)O2)cnc2nc[nH]c12. The standard InChI is InChI=1S/C13H18BN3O2/c1-8-9(6-15-11-10(8)16-7-17-11)14-18-12(2,3)13(4,5)19-14/h6-7H,1-5H3,(H,15,16,17). The second-order valence-electron chi connectivity index (χ2n) is 6.03. The van der Waals surface area contributed by atoms with Crippen LogP contribution in [0.15, 0.2) is 12.5 Å². The van der Waals surface area contributed by atoms with Gasteiger partial charge in [-0.05, 0) is 40.2 Å². The second-order valence-corrected chi connectivity index (χ2v) is 6.03. The Kier molecular flexibility index (Phi) is 2.53. The number of H-pyrrole nitrogens is 1. The Morgan fingerprint density at radius 3 is 2.37 bits per heavy atom. The molecule has 0 aromatic carbocycles. The molecule has 0 spiro atoms. The normalized spacial score (nSPS) is 21.2. The third-order valence-corrected chi connectivity index (χ3v) is 4.26. The van der Waals surface area contributed by atoms with Crippen molar-refractivity contribution in [2.45, 2.75) is 45.8 Å². The molecule has 2 aromatic heterocycles. The molecule has 6 heteroatoms. The largest absolute Gasteiger partial charge is 0.496 e. The quantitative estimate of drug-likeness (QED) is 0.789. The third kappa shape index (κ3) is 1.78. The Hall–Kier alpha value is -1.40. The van der Waals surface area contributed by atoms with Crippen molar-refractivity contribution in [1.82, 2.24) is 15.0 Å². The van der Waals surface area contributed by atoms with Crippen molar-refractivity contribution in [3.05, 3.63) is 18.1 Å². The van der Waals surface area contributed by atoms with Crippen LogP contribution in [0.2, 0.25) is 0 Å². The molecule has 0 unspecified atom stereocenters. The maximum absolute atomic E-state index is 6.06. The first-order chi connectivity index (χ1) is 8.82. The summed E-state index contributed by atoms with van der Waals surface area (Å²) in [4.78, 5) is 11.6. The van der Waals surface area contributed by atoms with Gasteiger partial charge in [0.25, 0.3) is 0 Å². The Bertz CT molecular complexity index is 620. The molecule has 3 heterocycles. The lowest BCUT2D eigenvalue weighted by Gasteiger charge is -2.32. The highest BCUT2D eigenvalue weighted by Crippen LogP contribution is 2.36. The minimum atomic E-state index is -0.384. The second kappa shape index (κ2) is 3.80. The fourth-order valence-corrected chi connectivity index (χ4v) is 2.24. The van der Waals surface area contributed by atoms with Gasteiger partial charge in [0.1, 0.15) is 0 Å². The first-order valence-electron chi connectivity index (χ1n) is 6.46. The van der Waals surface area contributed by atoms with Gasteiger partial charge in [-0.25, -0.2) is 9.97 Å². The molecule has 0 aliphatic carbocycles. The number of nitrogens with one attached hydrogen (secondary N) is 1. The number of hydrogen-bond donors (Lipinski definition) is 1. The fourth-order valence-electron chi connectivity index (χ4n) is 2.24. The van der Waals surface area contributed by atoms with E-state index in [2.05, 4.69) is 15.0 Å². The van der Waals surface area contributed by atoms with Crippen molar-refractivity contribution in [2.24, 2.45) is 0 Å². The summed E-state index contributed by atoms with van der Waals surface area (Å²) in [5.41, 5.74) is 3.00. The summed E-state index contributed by atoms with van der Waals surface area (Å²) in [5, 5.41) is 0. The van der Waals surface area contributed by atoms with E-state index < -0.39 is 0 Å². The summed E-state index contributed by atoms with van der Waals surface area (Å²) >= 11 is 0. The number of aromatic nitrogens is 3. The lowest BCUT2D eigenvalue weighted by Crippen LogP contribution is -2.41. The molecule has 2 aromatic rings. The lowest BCUT2D eigenvalue weighted by atomic mass is 9.77. The van der Waals surface area contributed by atoms with E-state index >= 15 is 0 Å². The van der Waals surface area contributed by atoms with Crippen LogP contribution in [-0.4, -0.2) is 33.3 Å². The molecule has 100 valence electrons. The van der Waals surface area contributed by atoms with Crippen LogP contribution in [-0.2, 0) is 9.31 Å². The summed E-state index contributed by atoms with van der Waals surface area (Å²) in [7, 11) is -0.384. The highest BCUT2D eigenvalue weighted by Gasteiger charge is 2.52. The number of aromatic amines is 1. The molecule has 1 aliphatic heterocycles. The van der Waals surface area contributed by atoms with Gasteiger partial charge in [-0.15, -0.1) is 0 Å². The van der Waals surface area contributed by atoms with Crippen LogP contribution in [0, 0.1) is 6.92 Å². The van der Waals surface area contributed by atoms with Crippen LogP contribution in [0.4, 0.5) is 0 Å². The lowest BCUT2D eigenvalue weighted by molar-refractivity contribution is 0.00578. The van der Waals surface area contributed by atoms with Gasteiger partial charge in [0.2, 0.25) is 0 Å². The predicted molar refractivity (Wildman–Crippen MR) is 74.3 cm³/mol. The van der Waals surface area contributed by atoms with E-state index in [1.807, 2.05) is 34.6 Å². The van der Waals surface area contributed by atoms with Gasteiger partial charge in [0, 0.05) is 11.7 Å². The third-order valence-electron chi connectivity index (χ3n) is 4.26. The van der Waals surface area contributed by atoms with Crippen molar-refractivity contribution in [1.29, 1.82) is 0 Å². The monoisotopic (exact) mass is 259 g/mol. The molecule has 5 nitrogen and oxygen atoms in total. The molecule has 19 heavy (non-hydrogen) atoms. The van der Waals surface area contributed by atoms with Gasteiger partial charge in [0.05, 0.1) is 23.0 Å². The molecular weight excluding hydrogens is 241 g/mol. The van der Waals surface area contributed by atoms with Crippen LogP contribution in [0.25, 0.3) is 11.2 Å². The Labute approximate surface area is 112 Å². The first kappa shape index (κ1) is 12.6. The van der Waals surface area contributed by atoms with E-state index in [0.717, 1.165) is 22.2 Å². The van der Waals surface area contributed by atoms with E-state index in [1.165, 1.54) is 0 Å². The molecule has 0 radical (unpaired) electrons. The molecule has 0 atom stereocenters. The van der Waals surface area contributed by atoms with Gasteiger partial charge >= 0.3 is 7.12 Å². The van der Waals surface area contributed by atoms with E-state index in [9.17, 15) is 0 Å². The van der Waals surface area contributed by atoms with Crippen LogP contribution in [0.3, 0.4) is 0 Å². The minimum Gasteiger partial charge on any atom is -0.399 e. The summed E-state index contributed by atoms with van der Waals surface area (Å²) in [6.45, 7) is 10.2. The van der Waals surface area contributed by atoms with Gasteiger partial charge in [-0.1, -0.05) is 0 Å². The van der Waals surface area contributed by atoms with Gasteiger partial charge in [-0.3, -0.25) is 0 Å². The predicted octanol–water partition coefficient (Wildman–Crippen LogP) is 1.57. The molecule has 1 aliphatic rings. The molecule has 0 amide bonds. The molecule has 1 fully saturated rings. The van der Waals surface area contributed by atoms with Crippen molar-refractivity contribution in [3.8, 4) is 0 Å². The number of aryl methyl sites for hydroxylation is 1. The summed E-state index contributed by atoms with van der Waals surface area (Å²) in [5.74, 6) is 0. The van der Waals surface area contributed by atoms with E-state index in [-0.39, 0.29) is 18.3 Å². The number of fused-ring (bicyclic) bond motifs is 1. The molecule has 3 rings (SSSR count). The first-order valence-corrected chi connectivity index (χ1v) is 6.46. The molecule has 1 saturated heterocycles. The number of nitrogens with zero attached hydrogens (tertiary/aromatic N) is 2. The maximum atomic E-state index is 6.06. The highest BCUT2D eigenvalue weighted by atomic mass is 16.7. The van der Waals surface area contributed by atoms with Crippen LogP contribution < -0.4 is 5.46 Å². The van der Waals surface area contributed by atoms with Crippen molar-refractivity contribution in [2.75, 3.05) is 0 Å². The number of imidazole rings is 1. The summed E-state index contributed by atoms with van der Waals surface area (Å²) in [6.07, 6.45) is 3.44. The smallest absolute Gasteiger partial charge is 0.399 e.